The molecule has 0 saturated carbocycles. The number of aromatic amines is 1. The number of hydrogen-bond acceptors (Lipinski definition) is 4. The Morgan fingerprint density at radius 2 is 2.05 bits per heavy atom. The minimum absolute atomic E-state index is 0.0137. The molecule has 2 aromatic rings. The van der Waals surface area contributed by atoms with E-state index in [4.69, 9.17) is 4.74 Å². The summed E-state index contributed by atoms with van der Waals surface area (Å²) in [5.41, 5.74) is 1.85. The van der Waals surface area contributed by atoms with E-state index < -0.39 is 0 Å². The zero-order chi connectivity index (χ0) is 15.9. The van der Waals surface area contributed by atoms with Crippen LogP contribution in [0.2, 0.25) is 0 Å². The Morgan fingerprint density at radius 1 is 1.27 bits per heavy atom. The van der Waals surface area contributed by atoms with Crippen LogP contribution in [0.1, 0.15) is 31.6 Å². The van der Waals surface area contributed by atoms with Gasteiger partial charge in [0.15, 0.2) is 0 Å². The zero-order valence-electron chi connectivity index (χ0n) is 13.5. The van der Waals surface area contributed by atoms with Gasteiger partial charge in [-0.25, -0.2) is 0 Å². The number of rotatable bonds is 8. The van der Waals surface area contributed by atoms with Gasteiger partial charge in [-0.2, -0.15) is 0 Å². The van der Waals surface area contributed by atoms with Gasteiger partial charge in [-0.15, -0.1) is 0 Å². The Kier molecular flexibility index (Phi) is 6.21. The molecule has 1 aromatic carbocycles. The summed E-state index contributed by atoms with van der Waals surface area (Å²) in [6.07, 6.45) is 2.34. The van der Waals surface area contributed by atoms with E-state index in [1.54, 1.807) is 0 Å². The van der Waals surface area contributed by atoms with Crippen LogP contribution < -0.4 is 9.61 Å². The van der Waals surface area contributed by atoms with Crippen LogP contribution in [0.5, 0.6) is 5.75 Å². The van der Waals surface area contributed by atoms with Crippen LogP contribution >= 0.6 is 11.3 Å². The number of nitrogens with one attached hydrogen (secondary N) is 1. The Hall–Kier alpha value is -1.59. The minimum atomic E-state index is -0.0137. The number of H-pyrrole nitrogens is 1. The number of unbranched alkanes of at least 4 members (excludes halogenated alkanes) is 1. The molecule has 0 bridgehead atoms. The van der Waals surface area contributed by atoms with Crippen molar-refractivity contribution < 1.29 is 4.74 Å². The van der Waals surface area contributed by atoms with Crippen LogP contribution in [-0.2, 0) is 6.54 Å². The number of nitrogens with zero attached hydrogens (tertiary/aromatic N) is 1. The fourth-order valence-electron chi connectivity index (χ4n) is 2.40. The average molecular weight is 320 g/mol. The molecule has 0 aliphatic carbocycles. The summed E-state index contributed by atoms with van der Waals surface area (Å²) in [7, 11) is 2.10. The topological polar surface area (TPSA) is 45.3 Å². The van der Waals surface area contributed by atoms with Crippen LogP contribution in [-0.4, -0.2) is 30.1 Å². The summed E-state index contributed by atoms with van der Waals surface area (Å²) < 4.78 is 5.69. The molecule has 0 unspecified atom stereocenters. The largest absolute Gasteiger partial charge is 0.493 e. The van der Waals surface area contributed by atoms with E-state index in [2.05, 4.69) is 23.9 Å². The summed E-state index contributed by atoms with van der Waals surface area (Å²) in [5.74, 6) is 0.816. The molecule has 0 amide bonds. The van der Waals surface area contributed by atoms with Gasteiger partial charge in [0, 0.05) is 17.0 Å². The Bertz CT molecular complexity index is 648. The van der Waals surface area contributed by atoms with E-state index in [-0.39, 0.29) is 4.87 Å². The van der Waals surface area contributed by atoms with Crippen molar-refractivity contribution in [3.8, 4) is 17.0 Å². The smallest absolute Gasteiger partial charge is 0.305 e. The summed E-state index contributed by atoms with van der Waals surface area (Å²) in [5, 5.41) is 0. The quantitative estimate of drug-likeness (QED) is 0.806. The molecule has 0 aliphatic heterocycles. The lowest BCUT2D eigenvalue weighted by atomic mass is 10.1. The summed E-state index contributed by atoms with van der Waals surface area (Å²) >= 11 is 1.29. The summed E-state index contributed by atoms with van der Waals surface area (Å²) in [6, 6.07) is 7.86. The second-order valence-corrected chi connectivity index (χ2v) is 6.40. The molecule has 0 atom stereocenters. The maximum absolute atomic E-state index is 11.9. The van der Waals surface area contributed by atoms with Gasteiger partial charge < -0.3 is 14.6 Å². The molecule has 0 spiro atoms. The number of benzene rings is 1. The van der Waals surface area contributed by atoms with E-state index in [1.165, 1.54) is 24.2 Å². The van der Waals surface area contributed by atoms with Gasteiger partial charge in [-0.1, -0.05) is 36.8 Å². The third-order valence-electron chi connectivity index (χ3n) is 3.48. The van der Waals surface area contributed by atoms with Crippen LogP contribution in [0.25, 0.3) is 11.3 Å². The maximum atomic E-state index is 11.9. The molecule has 4 nitrogen and oxygen atoms in total. The van der Waals surface area contributed by atoms with Gasteiger partial charge in [0.05, 0.1) is 12.3 Å². The second kappa shape index (κ2) is 8.15. The molecule has 1 N–H and O–H groups in total. The molecule has 1 heterocycles. The summed E-state index contributed by atoms with van der Waals surface area (Å²) in [6.45, 7) is 6.57. The van der Waals surface area contributed by atoms with E-state index in [0.717, 1.165) is 35.0 Å². The second-order valence-electron chi connectivity index (χ2n) is 5.33. The lowest BCUT2D eigenvalue weighted by Crippen LogP contribution is -2.18. The third-order valence-corrected chi connectivity index (χ3v) is 4.35. The number of aromatic nitrogens is 1. The highest BCUT2D eigenvalue weighted by Crippen LogP contribution is 2.32. The first-order chi connectivity index (χ1) is 10.7. The van der Waals surface area contributed by atoms with Crippen molar-refractivity contribution in [2.24, 2.45) is 0 Å². The van der Waals surface area contributed by atoms with Crippen LogP contribution in [0.4, 0.5) is 0 Å². The monoisotopic (exact) mass is 320 g/mol. The van der Waals surface area contributed by atoms with Crippen LogP contribution in [0, 0.1) is 0 Å². The fraction of sp³-hybridized carbons (Fsp3) is 0.471. The van der Waals surface area contributed by atoms with Gasteiger partial charge in [0.1, 0.15) is 5.75 Å². The third kappa shape index (κ3) is 4.21. The molecule has 0 saturated heterocycles. The van der Waals surface area contributed by atoms with Crippen LogP contribution in [0.15, 0.2) is 29.1 Å². The molecule has 2 rings (SSSR count). The molecule has 1 aromatic heterocycles. The highest BCUT2D eigenvalue weighted by molar-refractivity contribution is 7.09. The van der Waals surface area contributed by atoms with E-state index in [9.17, 15) is 4.79 Å². The molecular formula is C17H24N2O2S. The fourth-order valence-corrected chi connectivity index (χ4v) is 3.32. The minimum Gasteiger partial charge on any atom is -0.493 e. The first-order valence-corrected chi connectivity index (χ1v) is 8.60. The maximum Gasteiger partial charge on any atom is 0.305 e. The van der Waals surface area contributed by atoms with E-state index in [1.807, 2.05) is 31.2 Å². The number of para-hydroxylation sites is 1. The first kappa shape index (κ1) is 16.8. The zero-order valence-corrected chi connectivity index (χ0v) is 14.3. The number of ether oxygens (including phenoxy) is 1. The van der Waals surface area contributed by atoms with Gasteiger partial charge in [0.2, 0.25) is 0 Å². The van der Waals surface area contributed by atoms with Gasteiger partial charge in [-0.3, -0.25) is 4.79 Å². The molecule has 0 fully saturated rings. The normalized spacial score (nSPS) is 11.1. The predicted octanol–water partition coefficient (Wildman–Crippen LogP) is 3.73. The Balaban J connectivity index is 2.30. The van der Waals surface area contributed by atoms with Crippen molar-refractivity contribution in [2.45, 2.75) is 33.2 Å². The van der Waals surface area contributed by atoms with Gasteiger partial charge in [0.25, 0.3) is 0 Å². The van der Waals surface area contributed by atoms with Crippen molar-refractivity contribution in [1.29, 1.82) is 0 Å². The number of thiazole rings is 1. The van der Waals surface area contributed by atoms with E-state index >= 15 is 0 Å². The lowest BCUT2D eigenvalue weighted by Gasteiger charge is -2.16. The Labute approximate surface area is 135 Å². The lowest BCUT2D eigenvalue weighted by molar-refractivity contribution is 0.323. The molecular weight excluding hydrogens is 296 g/mol. The SMILES string of the molecule is CCCCN(C)Cc1sc(=O)[nH]c1-c1ccccc1OCC. The molecule has 120 valence electrons. The van der Waals surface area contributed by atoms with Crippen molar-refractivity contribution in [3.63, 3.8) is 0 Å². The van der Waals surface area contributed by atoms with Crippen molar-refractivity contribution in [2.75, 3.05) is 20.2 Å². The van der Waals surface area contributed by atoms with E-state index in [0.29, 0.717) is 6.61 Å². The average Bonchev–Trinajstić information content (AvgIpc) is 2.86. The van der Waals surface area contributed by atoms with Crippen molar-refractivity contribution in [1.82, 2.24) is 9.88 Å². The molecule has 5 heteroatoms. The van der Waals surface area contributed by atoms with Crippen LogP contribution in [0.3, 0.4) is 0 Å². The molecule has 22 heavy (non-hydrogen) atoms. The highest BCUT2D eigenvalue weighted by Gasteiger charge is 2.15. The summed E-state index contributed by atoms with van der Waals surface area (Å²) in [4.78, 5) is 18.1. The van der Waals surface area contributed by atoms with Gasteiger partial charge in [-0.05, 0) is 39.1 Å². The van der Waals surface area contributed by atoms with Crippen molar-refractivity contribution >= 4 is 11.3 Å². The first-order valence-electron chi connectivity index (χ1n) is 7.78. The van der Waals surface area contributed by atoms with Gasteiger partial charge >= 0.3 is 4.87 Å². The van der Waals surface area contributed by atoms with Crippen molar-refractivity contribution in [3.05, 3.63) is 38.8 Å². The number of hydrogen-bond donors (Lipinski definition) is 1. The predicted molar refractivity (Wildman–Crippen MR) is 92.8 cm³/mol. The Morgan fingerprint density at radius 3 is 2.77 bits per heavy atom. The molecule has 0 aliphatic rings. The standard InChI is InChI=1S/C17H24N2O2S/c1-4-6-11-19(3)12-15-16(18-17(20)22-15)13-9-7-8-10-14(13)21-5-2/h7-10H,4-6,11-12H2,1-3H3,(H,18,20). The molecule has 0 radical (unpaired) electrons. The highest BCUT2D eigenvalue weighted by atomic mass is 32.1.